The van der Waals surface area contributed by atoms with Gasteiger partial charge in [-0.25, -0.2) is 14.2 Å². The fourth-order valence-corrected chi connectivity index (χ4v) is 3.78. The molecule has 1 aliphatic heterocycles. The van der Waals surface area contributed by atoms with Crippen LogP contribution in [-0.2, 0) is 25.9 Å². The van der Waals surface area contributed by atoms with Gasteiger partial charge in [0.25, 0.3) is 0 Å². The van der Waals surface area contributed by atoms with Gasteiger partial charge >= 0.3 is 18.1 Å². The van der Waals surface area contributed by atoms with Crippen molar-refractivity contribution in [3.8, 4) is 0 Å². The minimum atomic E-state index is -5.03. The molecule has 5 nitrogen and oxygen atoms in total. The zero-order valence-electron chi connectivity index (χ0n) is 17.5. The van der Waals surface area contributed by atoms with Crippen LogP contribution in [0.3, 0.4) is 0 Å². The van der Waals surface area contributed by atoms with E-state index >= 15 is 0 Å². The number of halogens is 8. The van der Waals surface area contributed by atoms with Crippen molar-refractivity contribution in [2.45, 2.75) is 38.0 Å². The van der Waals surface area contributed by atoms with Crippen molar-refractivity contribution in [3.05, 3.63) is 62.9 Å². The standard InChI is InChI=1S/C21H16Cl2F6N2O3/c1-3-33-18(32)20(25,26)13-8-12(5-4-10(13)2)30-16-9-19(34-31-16,21(27,28)29)11-6-14(22)17(24)15(23)7-11/h4-8H,3,9H2,1-2H3,(H,30,31). The molecule has 0 aromatic heterocycles. The lowest BCUT2D eigenvalue weighted by Gasteiger charge is -2.29. The van der Waals surface area contributed by atoms with Crippen molar-refractivity contribution >= 4 is 40.7 Å². The second-order valence-electron chi connectivity index (χ2n) is 7.31. The summed E-state index contributed by atoms with van der Waals surface area (Å²) in [7, 11) is 0. The number of hydroxylamine groups is 1. The first-order chi connectivity index (χ1) is 15.7. The number of amidine groups is 1. The monoisotopic (exact) mass is 528 g/mol. The van der Waals surface area contributed by atoms with Crippen molar-refractivity contribution < 1.29 is 40.7 Å². The van der Waals surface area contributed by atoms with Gasteiger partial charge in [-0.1, -0.05) is 29.3 Å². The molecule has 1 fully saturated rings. The number of aryl methyl sites for hydroxylation is 1. The molecule has 1 heterocycles. The normalized spacial score (nSPS) is 19.9. The van der Waals surface area contributed by atoms with Crippen molar-refractivity contribution in [3.63, 3.8) is 0 Å². The molecule has 1 aliphatic rings. The minimum Gasteiger partial charge on any atom is -0.461 e. The van der Waals surface area contributed by atoms with Crippen LogP contribution in [-0.4, -0.2) is 24.6 Å². The van der Waals surface area contributed by atoms with Crippen LogP contribution < -0.4 is 5.48 Å². The van der Waals surface area contributed by atoms with E-state index in [2.05, 4.69) is 9.73 Å². The van der Waals surface area contributed by atoms with Gasteiger partial charge in [-0.2, -0.15) is 22.0 Å². The summed E-state index contributed by atoms with van der Waals surface area (Å²) in [5.74, 6) is -7.25. The van der Waals surface area contributed by atoms with E-state index in [1.165, 1.54) is 26.0 Å². The molecular weight excluding hydrogens is 513 g/mol. The predicted octanol–water partition coefficient (Wildman–Crippen LogP) is 6.51. The van der Waals surface area contributed by atoms with Crippen molar-refractivity contribution in [1.29, 1.82) is 0 Å². The highest BCUT2D eigenvalue weighted by Gasteiger charge is 2.62. The van der Waals surface area contributed by atoms with Crippen LogP contribution in [0.25, 0.3) is 0 Å². The van der Waals surface area contributed by atoms with Gasteiger partial charge in [0, 0.05) is 5.56 Å². The Morgan fingerprint density at radius 3 is 2.35 bits per heavy atom. The van der Waals surface area contributed by atoms with E-state index in [9.17, 15) is 31.1 Å². The first-order valence-electron chi connectivity index (χ1n) is 9.62. The zero-order chi connectivity index (χ0) is 25.5. The summed E-state index contributed by atoms with van der Waals surface area (Å²) in [6.07, 6.45) is -5.95. The smallest absolute Gasteiger partial charge is 0.424 e. The maximum Gasteiger partial charge on any atom is 0.424 e. The van der Waals surface area contributed by atoms with E-state index < -0.39 is 57.1 Å². The molecule has 2 aromatic rings. The molecule has 13 heteroatoms. The van der Waals surface area contributed by atoms with Crippen molar-refractivity contribution in [2.24, 2.45) is 4.99 Å². The third-order valence-electron chi connectivity index (χ3n) is 5.02. The first-order valence-corrected chi connectivity index (χ1v) is 10.4. The number of rotatable bonds is 5. The minimum absolute atomic E-state index is 0.0397. The highest BCUT2D eigenvalue weighted by atomic mass is 35.5. The van der Waals surface area contributed by atoms with Crippen LogP contribution in [0.5, 0.6) is 0 Å². The second kappa shape index (κ2) is 9.27. The summed E-state index contributed by atoms with van der Waals surface area (Å²) >= 11 is 11.3. The lowest BCUT2D eigenvalue weighted by molar-refractivity contribution is -0.282. The van der Waals surface area contributed by atoms with E-state index in [0.717, 1.165) is 18.2 Å². The molecule has 0 bridgehead atoms. The van der Waals surface area contributed by atoms with Gasteiger partial charge in [0.15, 0.2) is 5.82 Å². The third kappa shape index (κ3) is 4.69. The average molecular weight is 529 g/mol. The molecule has 0 saturated carbocycles. The summed E-state index contributed by atoms with van der Waals surface area (Å²) in [5.41, 5.74) is -2.44. The number of hydrogen-bond acceptors (Lipinski definition) is 4. The van der Waals surface area contributed by atoms with Crippen LogP contribution >= 0.6 is 23.2 Å². The van der Waals surface area contributed by atoms with Crippen LogP contribution in [0.1, 0.15) is 30.0 Å². The number of nitrogens with zero attached hydrogens (tertiary/aromatic N) is 1. The Labute approximate surface area is 199 Å². The van der Waals surface area contributed by atoms with E-state index in [0.29, 0.717) is 0 Å². The largest absolute Gasteiger partial charge is 0.461 e. The number of carbonyl (C=O) groups excluding carboxylic acids is 1. The average Bonchev–Trinajstić information content (AvgIpc) is 3.18. The predicted molar refractivity (Wildman–Crippen MR) is 112 cm³/mol. The number of carbonyl (C=O) groups is 1. The highest BCUT2D eigenvalue weighted by molar-refractivity contribution is 6.35. The first kappa shape index (κ1) is 26.1. The number of esters is 1. The van der Waals surface area contributed by atoms with Gasteiger partial charge in [0.1, 0.15) is 5.84 Å². The van der Waals surface area contributed by atoms with Crippen LogP contribution in [0.4, 0.5) is 32.0 Å². The molecule has 184 valence electrons. The Hall–Kier alpha value is -2.50. The maximum atomic E-state index is 14.5. The number of alkyl halides is 5. The Bertz CT molecular complexity index is 1130. The summed E-state index contributed by atoms with van der Waals surface area (Å²) in [5, 5.41) is -1.30. The molecule has 1 unspecified atom stereocenters. The Kier molecular flexibility index (Phi) is 7.12. The highest BCUT2D eigenvalue weighted by Crippen LogP contribution is 2.48. The number of nitrogens with one attached hydrogen (secondary N) is 1. The summed E-state index contributed by atoms with van der Waals surface area (Å²) in [4.78, 5) is 20.5. The molecule has 34 heavy (non-hydrogen) atoms. The molecule has 3 rings (SSSR count). The second-order valence-corrected chi connectivity index (χ2v) is 8.13. The molecule has 2 aromatic carbocycles. The van der Waals surface area contributed by atoms with Gasteiger partial charge in [0.05, 0.1) is 28.8 Å². The van der Waals surface area contributed by atoms with Gasteiger partial charge in [-0.3, -0.25) is 10.3 Å². The van der Waals surface area contributed by atoms with Crippen molar-refractivity contribution in [1.82, 2.24) is 5.48 Å². The molecule has 0 amide bonds. The summed E-state index contributed by atoms with van der Waals surface area (Å²) in [6, 6.07) is 4.82. The van der Waals surface area contributed by atoms with E-state index in [-0.39, 0.29) is 23.7 Å². The lowest BCUT2D eigenvalue weighted by Crippen LogP contribution is -2.42. The summed E-state index contributed by atoms with van der Waals surface area (Å²) < 4.78 is 89.4. The maximum absolute atomic E-state index is 14.5. The molecule has 1 N–H and O–H groups in total. The Morgan fingerprint density at radius 2 is 1.79 bits per heavy atom. The quantitative estimate of drug-likeness (QED) is 0.273. The zero-order valence-corrected chi connectivity index (χ0v) is 19.0. The summed E-state index contributed by atoms with van der Waals surface area (Å²) in [6.45, 7) is 2.42. The number of benzene rings is 2. The van der Waals surface area contributed by atoms with E-state index in [4.69, 9.17) is 28.0 Å². The van der Waals surface area contributed by atoms with Gasteiger partial charge in [-0.05, 0) is 49.2 Å². The molecule has 0 radical (unpaired) electrons. The Balaban J connectivity index is 2.01. The van der Waals surface area contributed by atoms with Gasteiger partial charge < -0.3 is 4.74 Å². The molecular formula is C21H16Cl2F6N2O3. The molecule has 0 spiro atoms. The molecule has 0 aliphatic carbocycles. The van der Waals surface area contributed by atoms with Crippen LogP contribution in [0.15, 0.2) is 35.3 Å². The van der Waals surface area contributed by atoms with Gasteiger partial charge in [-0.15, -0.1) is 0 Å². The number of ether oxygens (including phenoxy) is 1. The van der Waals surface area contributed by atoms with E-state index in [1.54, 1.807) is 0 Å². The van der Waals surface area contributed by atoms with Gasteiger partial charge in [0.2, 0.25) is 5.60 Å². The van der Waals surface area contributed by atoms with Crippen molar-refractivity contribution in [2.75, 3.05) is 6.61 Å². The SMILES string of the molecule is CCOC(=O)C(F)(F)c1cc(N=C2CC(c3cc(Cl)c(F)c(Cl)c3)(C(F)(F)F)ON2)ccc1C. The van der Waals surface area contributed by atoms with E-state index in [1.807, 2.05) is 5.48 Å². The fraction of sp³-hybridized carbons (Fsp3) is 0.333. The number of hydrogen-bond donors (Lipinski definition) is 1. The third-order valence-corrected chi connectivity index (χ3v) is 5.57. The van der Waals surface area contributed by atoms with Crippen LogP contribution in [0.2, 0.25) is 10.0 Å². The lowest BCUT2D eigenvalue weighted by atomic mass is 9.89. The Morgan fingerprint density at radius 1 is 1.18 bits per heavy atom. The fourth-order valence-electron chi connectivity index (χ4n) is 3.29. The van der Waals surface area contributed by atoms with Crippen LogP contribution in [0, 0.1) is 12.7 Å². The molecule has 1 atom stereocenters. The number of aliphatic imine (C=N–C) groups is 1. The molecule has 1 saturated heterocycles. The topological polar surface area (TPSA) is 59.9 Å².